The van der Waals surface area contributed by atoms with Gasteiger partial charge in [0.2, 0.25) is 0 Å². The van der Waals surface area contributed by atoms with Gasteiger partial charge in [0.25, 0.3) is 5.56 Å². The maximum Gasteiger partial charge on any atom is 0.263 e. The molecule has 11 aromatic rings. The highest BCUT2D eigenvalue weighted by Gasteiger charge is 2.51. The van der Waals surface area contributed by atoms with Crippen LogP contribution in [0.25, 0.3) is 93.6 Å². The molecule has 2 heteroatoms. The van der Waals surface area contributed by atoms with Gasteiger partial charge in [-0.3, -0.25) is 9.20 Å². The lowest BCUT2D eigenvalue weighted by Crippen LogP contribution is -2.25. The highest BCUT2D eigenvalue weighted by atomic mass is 16.1. The SMILES string of the molecule is Cc1ccccc1-c1cccc(-c2ccc(-c3cc4c5ccccc5c(=O)n5c6cc7c(cc6c(c3)c45)C3(c4ccccc4-c4ccccc43)c3ccccc3-7)cc2)c1C. The Balaban J connectivity index is 1.07. The topological polar surface area (TPSA) is 21.5 Å². The molecule has 0 N–H and O–H groups in total. The van der Waals surface area contributed by atoms with E-state index >= 15 is 0 Å². The van der Waals surface area contributed by atoms with Crippen LogP contribution < -0.4 is 5.56 Å². The van der Waals surface area contributed by atoms with Gasteiger partial charge in [0.15, 0.2) is 0 Å². The molecule has 0 fully saturated rings. The zero-order chi connectivity index (χ0) is 39.9. The van der Waals surface area contributed by atoms with E-state index in [1.807, 2.05) is 16.5 Å². The number of rotatable bonds is 3. The van der Waals surface area contributed by atoms with Crippen LogP contribution in [0.2, 0.25) is 0 Å². The summed E-state index contributed by atoms with van der Waals surface area (Å²) in [5.41, 5.74) is 21.5. The number of fused-ring (bicyclic) bond motifs is 15. The third kappa shape index (κ3) is 4.20. The van der Waals surface area contributed by atoms with Crippen molar-refractivity contribution >= 4 is 38.0 Å². The molecule has 0 aliphatic heterocycles. The Bertz CT molecular complexity index is 3650. The van der Waals surface area contributed by atoms with Crippen molar-refractivity contribution in [1.29, 1.82) is 0 Å². The lowest BCUT2D eigenvalue weighted by Gasteiger charge is -2.30. The predicted octanol–water partition coefficient (Wildman–Crippen LogP) is 14.2. The first kappa shape index (κ1) is 33.4. The predicted molar refractivity (Wildman–Crippen MR) is 249 cm³/mol. The summed E-state index contributed by atoms with van der Waals surface area (Å²) in [6, 6.07) is 68.6. The average molecular weight is 764 g/mol. The summed E-state index contributed by atoms with van der Waals surface area (Å²) in [4.78, 5) is 14.7. The van der Waals surface area contributed by atoms with Gasteiger partial charge in [-0.1, -0.05) is 158 Å². The fourth-order valence-electron chi connectivity index (χ4n) is 11.3. The standard InChI is InChI=1S/C58H37NO/c1-34-14-3-4-15-39(34)41-22-13-21-40(35(41)2)37-28-26-36(27-29-37)38-30-49-42-16-5-6-20-46(42)57(60)59-55-33-47-45-19-9-12-25-53(45)58(54(47)32-48(55)50(31-38)56(49)59)51-23-10-7-17-43(51)44-18-8-11-24-52(44)58/h3-33H,1-2H3. The highest BCUT2D eigenvalue weighted by Crippen LogP contribution is 2.63. The van der Waals surface area contributed by atoms with E-state index in [2.05, 4.69) is 190 Å². The van der Waals surface area contributed by atoms with Gasteiger partial charge in [-0.25, -0.2) is 0 Å². The Morgan fingerprint density at radius 2 is 0.883 bits per heavy atom. The van der Waals surface area contributed by atoms with Gasteiger partial charge < -0.3 is 0 Å². The fourth-order valence-corrected chi connectivity index (χ4v) is 11.3. The first-order valence-electron chi connectivity index (χ1n) is 20.9. The molecule has 2 aromatic heterocycles. The van der Waals surface area contributed by atoms with Crippen LogP contribution in [0.1, 0.15) is 33.4 Å². The van der Waals surface area contributed by atoms with Crippen molar-refractivity contribution in [3.05, 3.63) is 232 Å². The molecule has 0 radical (unpaired) electrons. The molecule has 0 bridgehead atoms. The monoisotopic (exact) mass is 763 g/mol. The average Bonchev–Trinajstić information content (AvgIpc) is 3.89. The molecular weight excluding hydrogens is 727 g/mol. The smallest absolute Gasteiger partial charge is 0.263 e. The number of aromatic nitrogens is 1. The van der Waals surface area contributed by atoms with Crippen molar-refractivity contribution in [2.45, 2.75) is 19.3 Å². The van der Waals surface area contributed by atoms with E-state index in [-0.39, 0.29) is 5.56 Å². The molecule has 0 atom stereocenters. The third-order valence-electron chi connectivity index (χ3n) is 13.9. The zero-order valence-electron chi connectivity index (χ0n) is 33.3. The van der Waals surface area contributed by atoms with Gasteiger partial charge in [0.1, 0.15) is 0 Å². The van der Waals surface area contributed by atoms with Gasteiger partial charge in [-0.05, 0) is 139 Å². The first-order valence-corrected chi connectivity index (χ1v) is 20.9. The molecule has 2 heterocycles. The van der Waals surface area contributed by atoms with Crippen molar-refractivity contribution in [2.75, 3.05) is 0 Å². The molecule has 9 aromatic carbocycles. The molecule has 2 aliphatic carbocycles. The van der Waals surface area contributed by atoms with E-state index in [0.717, 1.165) is 49.1 Å². The third-order valence-corrected chi connectivity index (χ3v) is 13.9. The van der Waals surface area contributed by atoms with Gasteiger partial charge in [0.05, 0.1) is 16.4 Å². The Labute approximate surface area is 347 Å². The molecule has 60 heavy (non-hydrogen) atoms. The molecule has 13 rings (SSSR count). The van der Waals surface area contributed by atoms with Crippen LogP contribution in [-0.4, -0.2) is 4.40 Å². The van der Waals surface area contributed by atoms with E-state index in [1.165, 1.54) is 77.9 Å². The van der Waals surface area contributed by atoms with Crippen LogP contribution in [0.5, 0.6) is 0 Å². The summed E-state index contributed by atoms with van der Waals surface area (Å²) in [6.07, 6.45) is 0. The van der Waals surface area contributed by atoms with Crippen LogP contribution in [0, 0.1) is 13.8 Å². The van der Waals surface area contributed by atoms with Gasteiger partial charge in [0, 0.05) is 21.5 Å². The molecule has 2 nitrogen and oxygen atoms in total. The lowest BCUT2D eigenvalue weighted by atomic mass is 9.70. The Hall–Kier alpha value is -7.55. The van der Waals surface area contributed by atoms with Crippen molar-refractivity contribution in [3.63, 3.8) is 0 Å². The van der Waals surface area contributed by atoms with Crippen molar-refractivity contribution in [3.8, 4) is 55.6 Å². The van der Waals surface area contributed by atoms with Crippen LogP contribution >= 0.6 is 0 Å². The van der Waals surface area contributed by atoms with E-state index in [1.54, 1.807) is 0 Å². The maximum atomic E-state index is 14.7. The number of nitrogens with zero attached hydrogens (tertiary/aromatic N) is 1. The number of aryl methyl sites for hydroxylation is 1. The first-order chi connectivity index (χ1) is 29.5. The Morgan fingerprint density at radius 3 is 1.55 bits per heavy atom. The number of benzene rings is 9. The minimum atomic E-state index is -0.472. The number of pyridine rings is 1. The second-order valence-corrected chi connectivity index (χ2v) is 16.8. The maximum absolute atomic E-state index is 14.7. The summed E-state index contributed by atoms with van der Waals surface area (Å²) in [7, 11) is 0. The molecule has 280 valence electrons. The molecule has 0 saturated carbocycles. The summed E-state index contributed by atoms with van der Waals surface area (Å²) in [6.45, 7) is 4.42. The van der Waals surface area contributed by atoms with Crippen molar-refractivity contribution in [1.82, 2.24) is 4.40 Å². The second-order valence-electron chi connectivity index (χ2n) is 16.8. The van der Waals surface area contributed by atoms with Crippen LogP contribution in [0.15, 0.2) is 193 Å². The quantitative estimate of drug-likeness (QED) is 0.164. The molecule has 0 amide bonds. The van der Waals surface area contributed by atoms with Gasteiger partial charge in [-0.15, -0.1) is 0 Å². The number of hydrogen-bond donors (Lipinski definition) is 0. The van der Waals surface area contributed by atoms with E-state index in [0.29, 0.717) is 0 Å². The molecule has 0 unspecified atom stereocenters. The van der Waals surface area contributed by atoms with Crippen molar-refractivity contribution in [2.24, 2.45) is 0 Å². The van der Waals surface area contributed by atoms with Crippen LogP contribution in [-0.2, 0) is 5.41 Å². The van der Waals surface area contributed by atoms with Crippen LogP contribution in [0.4, 0.5) is 0 Å². The fraction of sp³-hybridized carbons (Fsp3) is 0.0517. The summed E-state index contributed by atoms with van der Waals surface area (Å²) >= 11 is 0. The van der Waals surface area contributed by atoms with Gasteiger partial charge in [-0.2, -0.15) is 0 Å². The number of hydrogen-bond acceptors (Lipinski definition) is 1. The molecule has 1 spiro atoms. The minimum absolute atomic E-state index is 0.0241. The zero-order valence-corrected chi connectivity index (χ0v) is 33.3. The van der Waals surface area contributed by atoms with E-state index in [4.69, 9.17) is 0 Å². The van der Waals surface area contributed by atoms with E-state index in [9.17, 15) is 4.79 Å². The molecular formula is C58H37NO. The minimum Gasteiger partial charge on any atom is -0.275 e. The Kier molecular flexibility index (Phi) is 6.69. The summed E-state index contributed by atoms with van der Waals surface area (Å²) < 4.78 is 2.00. The van der Waals surface area contributed by atoms with Gasteiger partial charge >= 0.3 is 0 Å². The van der Waals surface area contributed by atoms with Crippen LogP contribution in [0.3, 0.4) is 0 Å². The van der Waals surface area contributed by atoms with Crippen molar-refractivity contribution < 1.29 is 0 Å². The molecule has 2 aliphatic rings. The largest absolute Gasteiger partial charge is 0.275 e. The normalized spacial score (nSPS) is 13.4. The Morgan fingerprint density at radius 1 is 0.367 bits per heavy atom. The van der Waals surface area contributed by atoms with E-state index < -0.39 is 5.41 Å². The summed E-state index contributed by atoms with van der Waals surface area (Å²) in [5, 5.41) is 5.00. The summed E-state index contributed by atoms with van der Waals surface area (Å²) in [5.74, 6) is 0. The second kappa shape index (κ2) is 12.0. The lowest BCUT2D eigenvalue weighted by molar-refractivity contribution is 0.795. The highest BCUT2D eigenvalue weighted by molar-refractivity contribution is 6.22. The molecule has 0 saturated heterocycles.